The molecule has 0 aliphatic carbocycles. The summed E-state index contributed by atoms with van der Waals surface area (Å²) in [6, 6.07) is 13.2. The molecule has 8 heteroatoms. The molecule has 0 aliphatic rings. The van der Waals surface area contributed by atoms with Crippen LogP contribution in [0.15, 0.2) is 53.2 Å². The molecule has 0 aliphatic heterocycles. The highest BCUT2D eigenvalue weighted by atomic mass is 32.1. The average molecular weight is 370 g/mol. The van der Waals surface area contributed by atoms with E-state index in [9.17, 15) is 18.4 Å². The van der Waals surface area contributed by atoms with E-state index in [4.69, 9.17) is 16.3 Å². The Labute approximate surface area is 151 Å². The second-order valence-corrected chi connectivity index (χ2v) is 6.07. The van der Waals surface area contributed by atoms with Crippen molar-refractivity contribution in [2.75, 3.05) is 0 Å². The van der Waals surface area contributed by atoms with Crippen molar-refractivity contribution in [3.05, 3.63) is 63.7 Å². The van der Waals surface area contributed by atoms with Crippen molar-refractivity contribution in [2.24, 2.45) is 5.73 Å². The average Bonchev–Trinajstić information content (AvgIpc) is 3.08. The van der Waals surface area contributed by atoms with Crippen molar-refractivity contribution in [3.63, 3.8) is 0 Å². The first-order valence-electron chi connectivity index (χ1n) is 6.99. The molecule has 2 rings (SSSR count). The summed E-state index contributed by atoms with van der Waals surface area (Å²) >= 11 is 1.23. The monoisotopic (exact) mass is 370 g/mol. The molecule has 0 atom stereocenters. The van der Waals surface area contributed by atoms with Gasteiger partial charge in [-0.25, -0.2) is 0 Å². The highest BCUT2D eigenvalue weighted by Gasteiger charge is 2.30. The van der Waals surface area contributed by atoms with Gasteiger partial charge in [0.2, 0.25) is 0 Å². The quantitative estimate of drug-likeness (QED) is 0.630. The minimum atomic E-state index is -4.40. The van der Waals surface area contributed by atoms with E-state index in [0.717, 1.165) is 12.1 Å². The van der Waals surface area contributed by atoms with Crippen LogP contribution in [0.4, 0.5) is 13.2 Å². The molecule has 26 heavy (non-hydrogen) atoms. The fourth-order valence-corrected chi connectivity index (χ4v) is 2.96. The molecule has 4 nitrogen and oxygen atoms in total. The third-order valence-electron chi connectivity index (χ3n) is 3.31. The topological polar surface area (TPSA) is 97.4 Å². The van der Waals surface area contributed by atoms with Crippen molar-refractivity contribution in [1.82, 2.24) is 0 Å². The van der Waals surface area contributed by atoms with Gasteiger partial charge in [-0.1, -0.05) is 12.1 Å². The van der Waals surface area contributed by atoms with Gasteiger partial charge in [-0.3, -0.25) is 0 Å². The lowest BCUT2D eigenvalue weighted by atomic mass is 10.1. The van der Waals surface area contributed by atoms with Crippen LogP contribution in [0.3, 0.4) is 0 Å². The maximum atomic E-state index is 12.6. The lowest BCUT2D eigenvalue weighted by Crippen LogP contribution is -2.03. The molecule has 1 heterocycles. The number of rotatable bonds is 3. The Hall–Kier alpha value is -3.54. The number of nitriles is 3. The zero-order valence-corrected chi connectivity index (χ0v) is 13.8. The smallest absolute Gasteiger partial charge is 0.396 e. The van der Waals surface area contributed by atoms with E-state index < -0.39 is 11.7 Å². The third-order valence-corrected chi connectivity index (χ3v) is 4.40. The van der Waals surface area contributed by atoms with E-state index in [2.05, 4.69) is 0 Å². The number of hydrogen-bond donors (Lipinski definition) is 1. The summed E-state index contributed by atoms with van der Waals surface area (Å²) in [6.07, 6.45) is -2.98. The van der Waals surface area contributed by atoms with Gasteiger partial charge in [0.25, 0.3) is 0 Å². The van der Waals surface area contributed by atoms with Crippen LogP contribution in [-0.2, 0) is 6.18 Å². The Morgan fingerprint density at radius 2 is 1.58 bits per heavy atom. The number of halogens is 3. The molecule has 0 bridgehead atoms. The number of nitrogens with zero attached hydrogens (tertiary/aromatic N) is 3. The zero-order chi connectivity index (χ0) is 19.3. The fourth-order valence-electron chi connectivity index (χ4n) is 2.00. The summed E-state index contributed by atoms with van der Waals surface area (Å²) < 4.78 is 37.8. The third kappa shape index (κ3) is 4.10. The number of benzene rings is 1. The van der Waals surface area contributed by atoms with Crippen LogP contribution in [0.2, 0.25) is 0 Å². The van der Waals surface area contributed by atoms with Gasteiger partial charge in [-0.2, -0.15) is 29.0 Å². The molecule has 0 saturated carbocycles. The molecule has 2 aromatic rings. The highest BCUT2D eigenvalue weighted by Crippen LogP contribution is 2.33. The Morgan fingerprint density at radius 1 is 0.962 bits per heavy atom. The van der Waals surface area contributed by atoms with Crippen LogP contribution in [0.25, 0.3) is 16.5 Å². The standard InChI is InChI=1S/C18H9F3N4S/c19-18(20,21)14-3-1-11(2-4-14)16-6-5-15(26-16)7-12(8-22)17(25)13(9-23)10-24/h1-7H,25H2. The molecule has 128 valence electrons. The Balaban J connectivity index is 2.36. The molecular weight excluding hydrogens is 361 g/mol. The number of allylic oxidation sites excluding steroid dienone is 2. The Morgan fingerprint density at radius 3 is 2.08 bits per heavy atom. The highest BCUT2D eigenvalue weighted by molar-refractivity contribution is 7.16. The van der Waals surface area contributed by atoms with Crippen LogP contribution < -0.4 is 5.73 Å². The van der Waals surface area contributed by atoms with Crippen LogP contribution in [0.1, 0.15) is 10.4 Å². The normalized spacial score (nSPS) is 11.2. The van der Waals surface area contributed by atoms with Crippen molar-refractivity contribution in [3.8, 4) is 28.6 Å². The Kier molecular flexibility index (Phi) is 5.47. The molecule has 0 radical (unpaired) electrons. The summed E-state index contributed by atoms with van der Waals surface area (Å²) in [6.45, 7) is 0. The first-order chi connectivity index (χ1) is 12.3. The van der Waals surface area contributed by atoms with E-state index in [1.54, 1.807) is 24.3 Å². The second-order valence-electron chi connectivity index (χ2n) is 4.96. The van der Waals surface area contributed by atoms with Gasteiger partial charge in [0, 0.05) is 9.75 Å². The van der Waals surface area contributed by atoms with Crippen molar-refractivity contribution in [1.29, 1.82) is 15.8 Å². The van der Waals surface area contributed by atoms with Gasteiger partial charge in [0.15, 0.2) is 5.57 Å². The minimum absolute atomic E-state index is 0.0380. The summed E-state index contributed by atoms with van der Waals surface area (Å²) in [5.41, 5.74) is 4.90. The van der Waals surface area contributed by atoms with Gasteiger partial charge in [0.1, 0.15) is 18.2 Å². The van der Waals surface area contributed by atoms with E-state index in [0.29, 0.717) is 15.3 Å². The summed E-state index contributed by atoms with van der Waals surface area (Å²) in [4.78, 5) is 1.31. The van der Waals surface area contributed by atoms with E-state index >= 15 is 0 Å². The van der Waals surface area contributed by atoms with E-state index in [1.165, 1.54) is 29.5 Å². The fraction of sp³-hybridized carbons (Fsp3) is 0.0556. The first-order valence-corrected chi connectivity index (χ1v) is 7.81. The molecule has 0 spiro atoms. The van der Waals surface area contributed by atoms with E-state index in [-0.39, 0.29) is 16.8 Å². The number of alkyl halides is 3. The van der Waals surface area contributed by atoms with Crippen molar-refractivity contribution >= 4 is 17.4 Å². The maximum Gasteiger partial charge on any atom is 0.416 e. The van der Waals surface area contributed by atoms with Crippen LogP contribution in [-0.4, -0.2) is 0 Å². The molecule has 1 aromatic heterocycles. The number of nitrogens with two attached hydrogens (primary N) is 1. The van der Waals surface area contributed by atoms with Crippen LogP contribution >= 0.6 is 11.3 Å². The predicted molar refractivity (Wildman–Crippen MR) is 90.8 cm³/mol. The van der Waals surface area contributed by atoms with Crippen LogP contribution in [0.5, 0.6) is 0 Å². The summed E-state index contributed by atoms with van der Waals surface area (Å²) in [5, 5.41) is 26.8. The van der Waals surface area contributed by atoms with Crippen molar-refractivity contribution < 1.29 is 13.2 Å². The zero-order valence-electron chi connectivity index (χ0n) is 13.0. The predicted octanol–water partition coefficient (Wildman–Crippen LogP) is 4.60. The molecule has 0 amide bonds. The molecule has 0 unspecified atom stereocenters. The maximum absolute atomic E-state index is 12.6. The first kappa shape index (κ1) is 18.8. The molecule has 0 fully saturated rings. The van der Waals surface area contributed by atoms with Gasteiger partial charge >= 0.3 is 6.18 Å². The summed E-state index contributed by atoms with van der Waals surface area (Å²) in [5.74, 6) is 0. The van der Waals surface area contributed by atoms with Crippen molar-refractivity contribution in [2.45, 2.75) is 6.18 Å². The number of hydrogen-bond acceptors (Lipinski definition) is 5. The van der Waals surface area contributed by atoms with Gasteiger partial charge in [0.05, 0.1) is 16.8 Å². The summed E-state index contributed by atoms with van der Waals surface area (Å²) in [7, 11) is 0. The lowest BCUT2D eigenvalue weighted by molar-refractivity contribution is -0.137. The van der Waals surface area contributed by atoms with Gasteiger partial charge in [-0.15, -0.1) is 11.3 Å². The molecule has 2 N–H and O–H groups in total. The second kappa shape index (κ2) is 7.57. The minimum Gasteiger partial charge on any atom is -0.396 e. The molecule has 0 saturated heterocycles. The lowest BCUT2D eigenvalue weighted by Gasteiger charge is -2.06. The molecule has 1 aromatic carbocycles. The van der Waals surface area contributed by atoms with Gasteiger partial charge < -0.3 is 5.73 Å². The number of thiophene rings is 1. The Bertz CT molecular complexity index is 991. The molecular formula is C18H9F3N4S. The van der Waals surface area contributed by atoms with Gasteiger partial charge in [-0.05, 0) is 35.9 Å². The SMILES string of the molecule is N#CC(=Cc1ccc(-c2ccc(C(F)(F)F)cc2)s1)C(N)=C(C#N)C#N. The van der Waals surface area contributed by atoms with E-state index in [1.807, 2.05) is 6.07 Å². The largest absolute Gasteiger partial charge is 0.416 e. The van der Waals surface area contributed by atoms with Crippen LogP contribution in [0, 0.1) is 34.0 Å².